The lowest BCUT2D eigenvalue weighted by molar-refractivity contribution is -0.189. The van der Waals surface area contributed by atoms with Gasteiger partial charge in [-0.3, -0.25) is 0 Å². The molecule has 1 aromatic heterocycles. The van der Waals surface area contributed by atoms with Crippen LogP contribution in [0.25, 0.3) is 0 Å². The number of nitrogens with one attached hydrogen (secondary N) is 1. The highest BCUT2D eigenvalue weighted by Crippen LogP contribution is 2.32. The first kappa shape index (κ1) is 11.8. The average molecular weight is 253 g/mol. The molecule has 1 aliphatic heterocycles. The van der Waals surface area contributed by atoms with Crippen molar-refractivity contribution in [3.63, 3.8) is 0 Å². The van der Waals surface area contributed by atoms with Crippen molar-refractivity contribution in [3.8, 4) is 0 Å². The average Bonchev–Trinajstić information content (AvgIpc) is 2.76. The minimum absolute atomic E-state index is 0.144. The smallest absolute Gasteiger partial charge is 0.331 e. The third kappa shape index (κ3) is 2.54. The molecule has 0 aromatic carbocycles. The highest BCUT2D eigenvalue weighted by Gasteiger charge is 2.27. The van der Waals surface area contributed by atoms with Crippen molar-refractivity contribution in [2.45, 2.75) is 19.3 Å². The van der Waals surface area contributed by atoms with E-state index in [0.717, 1.165) is 4.88 Å². The first-order valence-corrected chi connectivity index (χ1v) is 6.02. The second kappa shape index (κ2) is 5.11. The number of rotatable bonds is 3. The minimum atomic E-state index is -0.638. The Hall–Kier alpha value is -1.66. The van der Waals surface area contributed by atoms with E-state index < -0.39 is 11.9 Å². The molecule has 1 atom stereocenters. The second-order valence-corrected chi connectivity index (χ2v) is 4.45. The number of thiophene rings is 1. The molecule has 0 saturated carbocycles. The number of carbonyl (C=O) groups is 2. The van der Waals surface area contributed by atoms with Gasteiger partial charge in [0, 0.05) is 22.5 Å². The number of carbonyl (C=O) groups excluding carboxylic acids is 2. The number of hydrogen-bond acceptors (Lipinski definition) is 6. The van der Waals surface area contributed by atoms with Crippen molar-refractivity contribution in [3.05, 3.63) is 34.0 Å². The van der Waals surface area contributed by atoms with Crippen molar-refractivity contribution in [1.82, 2.24) is 5.64 Å². The summed E-state index contributed by atoms with van der Waals surface area (Å²) in [4.78, 5) is 32.9. The van der Waals surface area contributed by atoms with Crippen LogP contribution in [0.15, 0.2) is 29.2 Å². The molecular weight excluding hydrogens is 242 g/mol. The van der Waals surface area contributed by atoms with Crippen LogP contribution in [0.1, 0.15) is 24.1 Å². The lowest BCUT2D eigenvalue weighted by atomic mass is 9.94. The SMILES string of the molecule is CCC(C1=CC(=O)ONOC1=O)c1cccs1. The predicted molar refractivity (Wildman–Crippen MR) is 60.8 cm³/mol. The molecule has 1 aromatic rings. The first-order chi connectivity index (χ1) is 8.22. The summed E-state index contributed by atoms with van der Waals surface area (Å²) in [7, 11) is 0. The van der Waals surface area contributed by atoms with Crippen molar-refractivity contribution in [2.24, 2.45) is 0 Å². The van der Waals surface area contributed by atoms with Gasteiger partial charge in [0.1, 0.15) is 0 Å². The lowest BCUT2D eigenvalue weighted by Crippen LogP contribution is -2.21. The standard InChI is InChI=1S/C11H11NO4S/c1-2-7(9-4-3-5-17-9)8-6-10(13)15-12-16-11(8)14/h3-7,12H,2H2,1H3. The van der Waals surface area contributed by atoms with Crippen LogP contribution in [0, 0.1) is 0 Å². The quantitative estimate of drug-likeness (QED) is 0.888. The van der Waals surface area contributed by atoms with E-state index in [0.29, 0.717) is 12.0 Å². The Morgan fingerprint density at radius 2 is 2.24 bits per heavy atom. The van der Waals surface area contributed by atoms with Crippen LogP contribution in [0.4, 0.5) is 0 Å². The van der Waals surface area contributed by atoms with Gasteiger partial charge >= 0.3 is 11.9 Å². The van der Waals surface area contributed by atoms with Gasteiger partial charge in [0.25, 0.3) is 0 Å². The molecule has 1 unspecified atom stereocenters. The molecule has 0 saturated heterocycles. The fourth-order valence-corrected chi connectivity index (χ4v) is 2.61. The fourth-order valence-electron chi connectivity index (χ4n) is 1.68. The molecule has 0 fully saturated rings. The molecular formula is C11H11NO4S. The third-order valence-corrected chi connectivity index (χ3v) is 3.44. The van der Waals surface area contributed by atoms with Gasteiger partial charge in [-0.05, 0) is 17.9 Å². The van der Waals surface area contributed by atoms with Gasteiger partial charge in [0.2, 0.25) is 0 Å². The van der Waals surface area contributed by atoms with Gasteiger partial charge in [-0.25, -0.2) is 9.59 Å². The summed E-state index contributed by atoms with van der Waals surface area (Å²) in [6, 6.07) is 3.83. The lowest BCUT2D eigenvalue weighted by Gasteiger charge is -2.13. The van der Waals surface area contributed by atoms with Crippen LogP contribution in [0.5, 0.6) is 0 Å². The summed E-state index contributed by atoms with van der Waals surface area (Å²) >= 11 is 1.54. The van der Waals surface area contributed by atoms with E-state index in [1.165, 1.54) is 17.4 Å². The van der Waals surface area contributed by atoms with E-state index in [-0.39, 0.29) is 5.92 Å². The molecule has 5 nitrogen and oxygen atoms in total. The monoisotopic (exact) mass is 253 g/mol. The Morgan fingerprint density at radius 1 is 1.41 bits per heavy atom. The molecule has 0 amide bonds. The Kier molecular flexibility index (Phi) is 3.55. The Labute approximate surface area is 102 Å². The van der Waals surface area contributed by atoms with Crippen molar-refractivity contribution in [1.29, 1.82) is 0 Å². The van der Waals surface area contributed by atoms with Crippen molar-refractivity contribution < 1.29 is 19.3 Å². The number of hydrogen-bond donors (Lipinski definition) is 1. The largest absolute Gasteiger partial charge is 0.357 e. The summed E-state index contributed by atoms with van der Waals surface area (Å²) < 4.78 is 0. The minimum Gasteiger partial charge on any atom is -0.331 e. The predicted octanol–water partition coefficient (Wildman–Crippen LogP) is 1.69. The molecule has 0 aliphatic carbocycles. The van der Waals surface area contributed by atoms with Crippen LogP contribution in [-0.2, 0) is 19.3 Å². The molecule has 1 aliphatic rings. The van der Waals surface area contributed by atoms with Gasteiger partial charge in [0.15, 0.2) is 0 Å². The van der Waals surface area contributed by atoms with Gasteiger partial charge in [0.05, 0.1) is 5.57 Å². The second-order valence-electron chi connectivity index (χ2n) is 3.47. The summed E-state index contributed by atoms with van der Waals surface area (Å²) in [6.45, 7) is 1.95. The Balaban J connectivity index is 2.34. The Morgan fingerprint density at radius 3 is 2.88 bits per heavy atom. The summed E-state index contributed by atoms with van der Waals surface area (Å²) in [6.07, 6.45) is 1.88. The molecule has 0 radical (unpaired) electrons. The normalized spacial score (nSPS) is 17.8. The zero-order chi connectivity index (χ0) is 12.3. The van der Waals surface area contributed by atoms with Crippen LogP contribution >= 0.6 is 11.3 Å². The van der Waals surface area contributed by atoms with Gasteiger partial charge < -0.3 is 9.68 Å². The van der Waals surface area contributed by atoms with E-state index >= 15 is 0 Å². The molecule has 0 spiro atoms. The Bertz CT molecular complexity index is 452. The van der Waals surface area contributed by atoms with E-state index in [9.17, 15) is 9.59 Å². The van der Waals surface area contributed by atoms with Crippen molar-refractivity contribution in [2.75, 3.05) is 0 Å². The van der Waals surface area contributed by atoms with E-state index in [1.54, 1.807) is 0 Å². The summed E-state index contributed by atoms with van der Waals surface area (Å²) in [5.41, 5.74) is 2.16. The van der Waals surface area contributed by atoms with E-state index in [1.807, 2.05) is 30.1 Å². The first-order valence-electron chi connectivity index (χ1n) is 5.14. The molecule has 2 rings (SSSR count). The topological polar surface area (TPSA) is 64.6 Å². The summed E-state index contributed by atoms with van der Waals surface area (Å²) in [5.74, 6) is -1.37. The zero-order valence-corrected chi connectivity index (χ0v) is 9.95. The molecule has 1 N–H and O–H groups in total. The highest BCUT2D eigenvalue weighted by atomic mass is 32.1. The molecule has 0 bridgehead atoms. The summed E-state index contributed by atoms with van der Waals surface area (Å²) in [5, 5.41) is 1.93. The van der Waals surface area contributed by atoms with Gasteiger partial charge in [-0.1, -0.05) is 13.0 Å². The van der Waals surface area contributed by atoms with Crippen molar-refractivity contribution >= 4 is 23.3 Å². The van der Waals surface area contributed by atoms with Crippen LogP contribution < -0.4 is 5.64 Å². The molecule has 6 heteroatoms. The van der Waals surface area contributed by atoms with Crippen LogP contribution in [-0.4, -0.2) is 11.9 Å². The highest BCUT2D eigenvalue weighted by molar-refractivity contribution is 7.10. The zero-order valence-electron chi connectivity index (χ0n) is 9.14. The molecule has 90 valence electrons. The maximum atomic E-state index is 11.7. The van der Waals surface area contributed by atoms with Gasteiger partial charge in [-0.15, -0.1) is 11.3 Å². The van der Waals surface area contributed by atoms with Gasteiger partial charge in [-0.2, -0.15) is 0 Å². The van der Waals surface area contributed by atoms with Crippen LogP contribution in [0.2, 0.25) is 0 Å². The molecule has 2 heterocycles. The third-order valence-electron chi connectivity index (χ3n) is 2.46. The maximum absolute atomic E-state index is 11.7. The van der Waals surface area contributed by atoms with Crippen LogP contribution in [0.3, 0.4) is 0 Å². The van der Waals surface area contributed by atoms with E-state index in [2.05, 4.69) is 9.68 Å². The molecule has 17 heavy (non-hydrogen) atoms. The van der Waals surface area contributed by atoms with E-state index in [4.69, 9.17) is 0 Å². The maximum Gasteiger partial charge on any atom is 0.357 e. The fraction of sp³-hybridized carbons (Fsp3) is 0.273.